The van der Waals surface area contributed by atoms with Crippen LogP contribution in [0.15, 0.2) is 47.6 Å². The lowest BCUT2D eigenvalue weighted by Gasteiger charge is -2.05. The number of ether oxygens (including phenoxy) is 2. The number of carbonyl (C=O) groups is 1. The molecule has 0 aliphatic rings. The van der Waals surface area contributed by atoms with E-state index in [1.807, 2.05) is 0 Å². The van der Waals surface area contributed by atoms with Crippen molar-refractivity contribution in [1.82, 2.24) is 5.43 Å². The molecule has 0 radical (unpaired) electrons. The molecule has 0 aliphatic heterocycles. The maximum absolute atomic E-state index is 11.6. The Bertz CT molecular complexity index is 789. The van der Waals surface area contributed by atoms with E-state index in [2.05, 4.69) is 10.5 Å². The summed E-state index contributed by atoms with van der Waals surface area (Å²) in [5.41, 5.74) is 2.76. The quantitative estimate of drug-likeness (QED) is 0.448. The van der Waals surface area contributed by atoms with E-state index in [1.165, 1.54) is 43.7 Å². The molecule has 2 aromatic carbocycles. The van der Waals surface area contributed by atoms with Crippen molar-refractivity contribution in [1.29, 1.82) is 0 Å². The molecule has 0 atom stereocenters. The molecule has 0 fully saturated rings. The van der Waals surface area contributed by atoms with Gasteiger partial charge in [0.1, 0.15) is 5.75 Å². The number of methoxy groups -OCH3 is 1. The first-order chi connectivity index (χ1) is 12.0. The van der Waals surface area contributed by atoms with Crippen LogP contribution in [-0.4, -0.2) is 35.9 Å². The minimum atomic E-state index is -0.526. The van der Waals surface area contributed by atoms with E-state index < -0.39 is 10.8 Å². The van der Waals surface area contributed by atoms with Crippen LogP contribution in [0.1, 0.15) is 5.56 Å². The number of nitrogens with one attached hydrogen (secondary N) is 1. The van der Waals surface area contributed by atoms with E-state index in [0.717, 1.165) is 0 Å². The van der Waals surface area contributed by atoms with Gasteiger partial charge in [0.15, 0.2) is 18.1 Å². The molecule has 1 amide bonds. The third kappa shape index (κ3) is 5.20. The highest BCUT2D eigenvalue weighted by molar-refractivity contribution is 5.83. The highest BCUT2D eigenvalue weighted by atomic mass is 16.6. The van der Waals surface area contributed by atoms with Crippen LogP contribution in [0, 0.1) is 10.1 Å². The van der Waals surface area contributed by atoms with Gasteiger partial charge in [-0.15, -0.1) is 0 Å². The summed E-state index contributed by atoms with van der Waals surface area (Å²) in [5.74, 6) is 0.106. The van der Waals surface area contributed by atoms with Crippen molar-refractivity contribution >= 4 is 17.8 Å². The van der Waals surface area contributed by atoms with E-state index in [1.54, 1.807) is 12.1 Å². The van der Waals surface area contributed by atoms with Gasteiger partial charge in [-0.05, 0) is 35.9 Å². The highest BCUT2D eigenvalue weighted by Crippen LogP contribution is 2.25. The molecule has 0 unspecified atom stereocenters. The van der Waals surface area contributed by atoms with Crippen LogP contribution in [0.4, 0.5) is 5.69 Å². The smallest absolute Gasteiger partial charge is 0.277 e. The third-order valence-electron chi connectivity index (χ3n) is 3.02. The molecular formula is C16H15N3O6. The topological polar surface area (TPSA) is 123 Å². The number of nitro groups is 1. The summed E-state index contributed by atoms with van der Waals surface area (Å²) >= 11 is 0. The van der Waals surface area contributed by atoms with Crippen LogP contribution < -0.4 is 14.9 Å². The number of amides is 1. The monoisotopic (exact) mass is 345 g/mol. The molecule has 0 saturated heterocycles. The van der Waals surface area contributed by atoms with Crippen LogP contribution in [0.25, 0.3) is 0 Å². The van der Waals surface area contributed by atoms with Crippen LogP contribution >= 0.6 is 0 Å². The zero-order chi connectivity index (χ0) is 18.2. The number of aromatic hydroxyl groups is 1. The van der Waals surface area contributed by atoms with Gasteiger partial charge in [-0.2, -0.15) is 5.10 Å². The van der Waals surface area contributed by atoms with Gasteiger partial charge in [0.05, 0.1) is 18.2 Å². The van der Waals surface area contributed by atoms with E-state index in [-0.39, 0.29) is 18.0 Å². The first-order valence-electron chi connectivity index (χ1n) is 7.06. The predicted molar refractivity (Wildman–Crippen MR) is 89.0 cm³/mol. The van der Waals surface area contributed by atoms with E-state index >= 15 is 0 Å². The minimum absolute atomic E-state index is 0.0423. The average molecular weight is 345 g/mol. The maximum Gasteiger partial charge on any atom is 0.277 e. The second-order valence-corrected chi connectivity index (χ2v) is 4.76. The number of nitrogens with zero attached hydrogens (tertiary/aromatic N) is 2. The second-order valence-electron chi connectivity index (χ2n) is 4.76. The van der Waals surface area contributed by atoms with Crippen molar-refractivity contribution in [3.63, 3.8) is 0 Å². The molecule has 9 heteroatoms. The Morgan fingerprint density at radius 2 is 2.04 bits per heavy atom. The van der Waals surface area contributed by atoms with Gasteiger partial charge < -0.3 is 14.6 Å². The van der Waals surface area contributed by atoms with E-state index in [0.29, 0.717) is 17.1 Å². The van der Waals surface area contributed by atoms with Gasteiger partial charge in [0.25, 0.3) is 11.6 Å². The van der Waals surface area contributed by atoms with Gasteiger partial charge in [-0.3, -0.25) is 14.9 Å². The van der Waals surface area contributed by atoms with Gasteiger partial charge >= 0.3 is 0 Å². The van der Waals surface area contributed by atoms with Gasteiger partial charge in [0, 0.05) is 12.1 Å². The SMILES string of the molecule is COc1ccc(C=NNC(=O)COc2ccc([N+](=O)[O-])cc2)cc1O. The first kappa shape index (κ1) is 17.7. The molecular weight excluding hydrogens is 330 g/mol. The molecule has 2 rings (SSSR count). The molecule has 130 valence electrons. The van der Waals surface area contributed by atoms with E-state index in [4.69, 9.17) is 9.47 Å². The molecule has 2 N–H and O–H groups in total. The number of hydrogen-bond acceptors (Lipinski definition) is 7. The van der Waals surface area contributed by atoms with Crippen molar-refractivity contribution in [2.45, 2.75) is 0 Å². The number of nitro benzene ring substituents is 1. The molecule has 0 aromatic heterocycles. The number of hydrogen-bond donors (Lipinski definition) is 2. The number of non-ortho nitro benzene ring substituents is 1. The average Bonchev–Trinajstić information content (AvgIpc) is 2.60. The Morgan fingerprint density at radius 3 is 2.64 bits per heavy atom. The number of carbonyl (C=O) groups excluding carboxylic acids is 1. The summed E-state index contributed by atoms with van der Waals surface area (Å²) in [5, 5.41) is 23.9. The van der Waals surface area contributed by atoms with Crippen LogP contribution in [0.3, 0.4) is 0 Å². The number of rotatable bonds is 7. The molecule has 0 spiro atoms. The predicted octanol–water partition coefficient (Wildman–Crippen LogP) is 1.84. The van der Waals surface area contributed by atoms with Gasteiger partial charge in [-0.1, -0.05) is 0 Å². The highest BCUT2D eigenvalue weighted by Gasteiger charge is 2.06. The maximum atomic E-state index is 11.6. The van der Waals surface area contributed by atoms with Crippen molar-refractivity contribution in [2.24, 2.45) is 5.10 Å². The standard InChI is InChI=1S/C16H15N3O6/c1-24-15-7-2-11(8-14(15)20)9-17-18-16(21)10-25-13-5-3-12(4-6-13)19(22)23/h2-9,20H,10H2,1H3,(H,18,21). The van der Waals surface area contributed by atoms with Crippen LogP contribution in [0.2, 0.25) is 0 Å². The zero-order valence-corrected chi connectivity index (χ0v) is 13.2. The van der Waals surface area contributed by atoms with Gasteiger partial charge in [-0.25, -0.2) is 5.43 Å². The van der Waals surface area contributed by atoms with Crippen LogP contribution in [-0.2, 0) is 4.79 Å². The first-order valence-corrected chi connectivity index (χ1v) is 7.06. The lowest BCUT2D eigenvalue weighted by atomic mass is 10.2. The Balaban J connectivity index is 1.82. The molecule has 2 aromatic rings. The van der Waals surface area contributed by atoms with Crippen molar-refractivity contribution in [2.75, 3.05) is 13.7 Å². The zero-order valence-electron chi connectivity index (χ0n) is 13.2. The Kier molecular flexibility index (Phi) is 5.88. The molecule has 0 saturated carbocycles. The lowest BCUT2D eigenvalue weighted by molar-refractivity contribution is -0.384. The number of hydrazone groups is 1. The third-order valence-corrected chi connectivity index (χ3v) is 3.02. The number of phenols is 1. The van der Waals surface area contributed by atoms with Crippen molar-refractivity contribution < 1.29 is 24.3 Å². The fourth-order valence-corrected chi connectivity index (χ4v) is 1.81. The Morgan fingerprint density at radius 1 is 1.32 bits per heavy atom. The summed E-state index contributed by atoms with van der Waals surface area (Å²) in [6.07, 6.45) is 1.35. The summed E-state index contributed by atoms with van der Waals surface area (Å²) in [6, 6.07) is 10.0. The number of benzene rings is 2. The summed E-state index contributed by atoms with van der Waals surface area (Å²) < 4.78 is 10.1. The molecule has 9 nitrogen and oxygen atoms in total. The molecule has 25 heavy (non-hydrogen) atoms. The molecule has 0 heterocycles. The summed E-state index contributed by atoms with van der Waals surface area (Å²) in [4.78, 5) is 21.6. The second kappa shape index (κ2) is 8.29. The number of phenolic OH excluding ortho intramolecular Hbond substituents is 1. The van der Waals surface area contributed by atoms with Crippen molar-refractivity contribution in [3.8, 4) is 17.2 Å². The fraction of sp³-hybridized carbons (Fsp3) is 0.125. The Labute approximate surface area is 142 Å². The fourth-order valence-electron chi connectivity index (χ4n) is 1.81. The van der Waals surface area contributed by atoms with Gasteiger partial charge in [0.2, 0.25) is 0 Å². The van der Waals surface area contributed by atoms with Crippen LogP contribution in [0.5, 0.6) is 17.2 Å². The normalized spacial score (nSPS) is 10.4. The molecule has 0 bridgehead atoms. The lowest BCUT2D eigenvalue weighted by Crippen LogP contribution is -2.24. The Hall–Kier alpha value is -3.62. The minimum Gasteiger partial charge on any atom is -0.504 e. The summed E-state index contributed by atoms with van der Waals surface area (Å²) in [7, 11) is 1.44. The van der Waals surface area contributed by atoms with Crippen molar-refractivity contribution in [3.05, 3.63) is 58.1 Å². The summed E-state index contributed by atoms with van der Waals surface area (Å²) in [6.45, 7) is -0.303. The van der Waals surface area contributed by atoms with E-state index in [9.17, 15) is 20.0 Å². The molecule has 0 aliphatic carbocycles. The largest absolute Gasteiger partial charge is 0.504 e.